The fourth-order valence-electron chi connectivity index (χ4n) is 2.62. The summed E-state index contributed by atoms with van der Waals surface area (Å²) in [6.45, 7) is 5.78. The fraction of sp³-hybridized carbons (Fsp3) is 0.571. The SMILES string of the molecule is CCC[C@H](c1c(Cl)ccc(Cl)c1F)N1CCNCC1.Cl. The molecule has 1 saturated heterocycles. The van der Waals surface area contributed by atoms with Crippen LogP contribution in [-0.4, -0.2) is 31.1 Å². The van der Waals surface area contributed by atoms with Gasteiger partial charge in [0.1, 0.15) is 5.82 Å². The van der Waals surface area contributed by atoms with Gasteiger partial charge in [-0.15, -0.1) is 12.4 Å². The van der Waals surface area contributed by atoms with E-state index in [0.29, 0.717) is 10.6 Å². The summed E-state index contributed by atoms with van der Waals surface area (Å²) in [7, 11) is 0. The van der Waals surface area contributed by atoms with Gasteiger partial charge in [0.05, 0.1) is 5.02 Å². The second-order valence-corrected chi connectivity index (χ2v) is 5.66. The van der Waals surface area contributed by atoms with Crippen LogP contribution in [0, 0.1) is 5.82 Å². The summed E-state index contributed by atoms with van der Waals surface area (Å²) >= 11 is 12.1. The molecular formula is C14H20Cl3FN2. The van der Waals surface area contributed by atoms with Crippen LogP contribution in [0.15, 0.2) is 12.1 Å². The van der Waals surface area contributed by atoms with Crippen LogP contribution in [0.1, 0.15) is 31.4 Å². The molecule has 1 aliphatic rings. The summed E-state index contributed by atoms with van der Waals surface area (Å²) in [5.74, 6) is -0.369. The maximum Gasteiger partial charge on any atom is 0.148 e. The first-order chi connectivity index (χ1) is 9.15. The van der Waals surface area contributed by atoms with E-state index in [4.69, 9.17) is 23.2 Å². The molecule has 0 aliphatic carbocycles. The highest BCUT2D eigenvalue weighted by Crippen LogP contribution is 2.36. The van der Waals surface area contributed by atoms with E-state index in [2.05, 4.69) is 17.1 Å². The minimum absolute atomic E-state index is 0. The van der Waals surface area contributed by atoms with E-state index in [1.54, 1.807) is 6.07 Å². The Labute approximate surface area is 136 Å². The van der Waals surface area contributed by atoms with Crippen molar-refractivity contribution in [1.29, 1.82) is 0 Å². The number of hydrogen-bond acceptors (Lipinski definition) is 2. The number of piperazine rings is 1. The van der Waals surface area contributed by atoms with E-state index in [0.717, 1.165) is 39.0 Å². The summed E-state index contributed by atoms with van der Waals surface area (Å²) < 4.78 is 14.3. The molecule has 1 fully saturated rings. The molecule has 1 heterocycles. The predicted molar refractivity (Wildman–Crippen MR) is 85.8 cm³/mol. The van der Waals surface area contributed by atoms with Crippen molar-refractivity contribution in [2.75, 3.05) is 26.2 Å². The van der Waals surface area contributed by atoms with Gasteiger partial charge >= 0.3 is 0 Å². The molecule has 0 radical (unpaired) electrons. The second kappa shape index (κ2) is 8.40. The maximum absolute atomic E-state index is 14.3. The van der Waals surface area contributed by atoms with E-state index in [-0.39, 0.29) is 29.3 Å². The van der Waals surface area contributed by atoms with Gasteiger partial charge in [-0.3, -0.25) is 4.90 Å². The zero-order chi connectivity index (χ0) is 13.8. The zero-order valence-corrected chi connectivity index (χ0v) is 13.8. The highest BCUT2D eigenvalue weighted by atomic mass is 35.5. The van der Waals surface area contributed by atoms with Gasteiger partial charge in [0, 0.05) is 42.8 Å². The topological polar surface area (TPSA) is 15.3 Å². The smallest absolute Gasteiger partial charge is 0.148 e. The molecule has 2 nitrogen and oxygen atoms in total. The summed E-state index contributed by atoms with van der Waals surface area (Å²) in [4.78, 5) is 2.29. The van der Waals surface area contributed by atoms with Crippen molar-refractivity contribution in [3.63, 3.8) is 0 Å². The molecule has 0 bridgehead atoms. The highest BCUT2D eigenvalue weighted by molar-refractivity contribution is 6.33. The lowest BCUT2D eigenvalue weighted by Gasteiger charge is -2.35. The molecule has 1 aliphatic heterocycles. The maximum atomic E-state index is 14.3. The van der Waals surface area contributed by atoms with Gasteiger partial charge in [0.2, 0.25) is 0 Å². The largest absolute Gasteiger partial charge is 0.314 e. The summed E-state index contributed by atoms with van der Waals surface area (Å²) in [6.07, 6.45) is 1.87. The predicted octanol–water partition coefficient (Wildman–Crippen LogP) is 4.30. The van der Waals surface area contributed by atoms with Crippen molar-refractivity contribution >= 4 is 35.6 Å². The van der Waals surface area contributed by atoms with Gasteiger partial charge in [-0.25, -0.2) is 4.39 Å². The Morgan fingerprint density at radius 1 is 1.25 bits per heavy atom. The Hall–Kier alpha value is -0.0600. The molecule has 0 spiro atoms. The van der Waals surface area contributed by atoms with Crippen LogP contribution in [0.2, 0.25) is 10.0 Å². The third kappa shape index (κ3) is 3.99. The number of hydrogen-bond donors (Lipinski definition) is 1. The van der Waals surface area contributed by atoms with Crippen molar-refractivity contribution in [2.24, 2.45) is 0 Å². The molecule has 2 rings (SSSR count). The summed E-state index contributed by atoms with van der Waals surface area (Å²) in [6, 6.07) is 3.22. The Morgan fingerprint density at radius 3 is 2.45 bits per heavy atom. The highest BCUT2D eigenvalue weighted by Gasteiger charge is 2.27. The van der Waals surface area contributed by atoms with Crippen molar-refractivity contribution in [1.82, 2.24) is 10.2 Å². The number of benzene rings is 1. The molecule has 0 unspecified atom stereocenters. The van der Waals surface area contributed by atoms with Crippen LogP contribution in [0.5, 0.6) is 0 Å². The van der Waals surface area contributed by atoms with E-state index in [1.807, 2.05) is 0 Å². The second-order valence-electron chi connectivity index (χ2n) is 4.85. The van der Waals surface area contributed by atoms with Crippen LogP contribution in [-0.2, 0) is 0 Å². The molecule has 1 N–H and O–H groups in total. The number of rotatable bonds is 4. The van der Waals surface area contributed by atoms with Gasteiger partial charge in [-0.05, 0) is 18.6 Å². The monoisotopic (exact) mass is 340 g/mol. The quantitative estimate of drug-likeness (QED) is 0.821. The van der Waals surface area contributed by atoms with Crippen molar-refractivity contribution in [3.8, 4) is 0 Å². The molecule has 1 atom stereocenters. The number of halogens is 4. The molecule has 0 saturated carbocycles. The molecule has 1 aromatic rings. The average molecular weight is 342 g/mol. The first kappa shape index (κ1) is 18.0. The zero-order valence-electron chi connectivity index (χ0n) is 11.5. The molecule has 0 aromatic heterocycles. The van der Waals surface area contributed by atoms with Crippen LogP contribution < -0.4 is 5.32 Å². The van der Waals surface area contributed by atoms with E-state index < -0.39 is 0 Å². The molecule has 114 valence electrons. The Bertz CT molecular complexity index is 437. The lowest BCUT2D eigenvalue weighted by atomic mass is 9.99. The lowest BCUT2D eigenvalue weighted by Crippen LogP contribution is -2.45. The van der Waals surface area contributed by atoms with Crippen LogP contribution >= 0.6 is 35.6 Å². The van der Waals surface area contributed by atoms with Gasteiger partial charge in [0.15, 0.2) is 0 Å². The van der Waals surface area contributed by atoms with Crippen molar-refractivity contribution < 1.29 is 4.39 Å². The molecule has 6 heteroatoms. The van der Waals surface area contributed by atoms with E-state index in [9.17, 15) is 4.39 Å². The molecule has 20 heavy (non-hydrogen) atoms. The minimum atomic E-state index is -0.369. The minimum Gasteiger partial charge on any atom is -0.314 e. The Kier molecular flexibility index (Phi) is 7.56. The standard InChI is InChI=1S/C14H19Cl2FN2.ClH/c1-2-3-12(19-8-6-18-7-9-19)13-10(15)4-5-11(16)14(13)17;/h4-5,12,18H,2-3,6-9H2,1H3;1H/t12-;/m1./s1. The van der Waals surface area contributed by atoms with Gasteiger partial charge < -0.3 is 5.32 Å². The third-order valence-corrected chi connectivity index (χ3v) is 4.19. The fourth-order valence-corrected chi connectivity index (χ4v) is 3.06. The first-order valence-corrected chi connectivity index (χ1v) is 7.49. The molecule has 1 aromatic carbocycles. The number of nitrogens with zero attached hydrogens (tertiary/aromatic N) is 1. The van der Waals surface area contributed by atoms with Gasteiger partial charge in [-0.2, -0.15) is 0 Å². The van der Waals surface area contributed by atoms with Gasteiger partial charge in [-0.1, -0.05) is 36.5 Å². The Balaban J connectivity index is 0.00000200. The third-order valence-electron chi connectivity index (χ3n) is 3.57. The van der Waals surface area contributed by atoms with E-state index >= 15 is 0 Å². The van der Waals surface area contributed by atoms with Crippen molar-refractivity contribution in [3.05, 3.63) is 33.6 Å². The first-order valence-electron chi connectivity index (χ1n) is 6.73. The van der Waals surface area contributed by atoms with Gasteiger partial charge in [0.25, 0.3) is 0 Å². The summed E-state index contributed by atoms with van der Waals surface area (Å²) in [5, 5.41) is 3.93. The van der Waals surface area contributed by atoms with Crippen LogP contribution in [0.3, 0.4) is 0 Å². The van der Waals surface area contributed by atoms with Crippen LogP contribution in [0.4, 0.5) is 4.39 Å². The molecular weight excluding hydrogens is 322 g/mol. The summed E-state index contributed by atoms with van der Waals surface area (Å²) in [5.41, 5.74) is 0.554. The lowest BCUT2D eigenvalue weighted by molar-refractivity contribution is 0.161. The average Bonchev–Trinajstić information content (AvgIpc) is 2.43. The van der Waals surface area contributed by atoms with Crippen molar-refractivity contribution in [2.45, 2.75) is 25.8 Å². The number of nitrogens with one attached hydrogen (secondary N) is 1. The van der Waals surface area contributed by atoms with Crippen LogP contribution in [0.25, 0.3) is 0 Å². The van der Waals surface area contributed by atoms with E-state index in [1.165, 1.54) is 6.07 Å². The Morgan fingerprint density at radius 2 is 1.85 bits per heavy atom. The normalized spacial score (nSPS) is 17.6. The molecule has 0 amide bonds.